The molecule has 1 saturated carbocycles. The molecule has 1 saturated heterocycles. The molecule has 0 aromatic carbocycles. The van der Waals surface area contributed by atoms with E-state index in [4.69, 9.17) is 9.47 Å². The summed E-state index contributed by atoms with van der Waals surface area (Å²) in [6, 6.07) is 0. The van der Waals surface area contributed by atoms with E-state index in [0.29, 0.717) is 18.6 Å². The van der Waals surface area contributed by atoms with Crippen molar-refractivity contribution in [3.63, 3.8) is 0 Å². The third-order valence-electron chi connectivity index (χ3n) is 5.40. The molecule has 0 spiro atoms. The highest BCUT2D eigenvalue weighted by Gasteiger charge is 2.32. The van der Waals surface area contributed by atoms with Gasteiger partial charge in [-0.1, -0.05) is 19.9 Å². The van der Waals surface area contributed by atoms with Crippen LogP contribution in [0.4, 0.5) is 0 Å². The SMILES string of the molecule is C=CCOCC1CC(C(C)C)CCC1OCCN1CCCC1. The van der Waals surface area contributed by atoms with Gasteiger partial charge in [-0.25, -0.2) is 0 Å². The van der Waals surface area contributed by atoms with E-state index in [1.807, 2.05) is 6.08 Å². The molecular weight excluding hydrogens is 274 g/mol. The van der Waals surface area contributed by atoms with E-state index in [0.717, 1.165) is 31.6 Å². The summed E-state index contributed by atoms with van der Waals surface area (Å²) in [7, 11) is 0. The van der Waals surface area contributed by atoms with Crippen LogP contribution in [0.25, 0.3) is 0 Å². The Morgan fingerprint density at radius 1 is 1.23 bits per heavy atom. The second-order valence-corrected chi connectivity index (χ2v) is 7.36. The van der Waals surface area contributed by atoms with E-state index in [-0.39, 0.29) is 0 Å². The van der Waals surface area contributed by atoms with Gasteiger partial charge in [0.2, 0.25) is 0 Å². The Labute approximate surface area is 137 Å². The smallest absolute Gasteiger partial charge is 0.0644 e. The van der Waals surface area contributed by atoms with Crippen LogP contribution in [-0.2, 0) is 9.47 Å². The number of nitrogens with zero attached hydrogens (tertiary/aromatic N) is 1. The third-order valence-corrected chi connectivity index (χ3v) is 5.40. The van der Waals surface area contributed by atoms with Gasteiger partial charge in [-0.3, -0.25) is 0 Å². The molecule has 3 heteroatoms. The predicted molar refractivity (Wildman–Crippen MR) is 92.1 cm³/mol. The van der Waals surface area contributed by atoms with Gasteiger partial charge in [-0.2, -0.15) is 0 Å². The number of likely N-dealkylation sites (tertiary alicyclic amines) is 1. The fourth-order valence-electron chi connectivity index (χ4n) is 3.91. The summed E-state index contributed by atoms with van der Waals surface area (Å²) in [5, 5.41) is 0. The van der Waals surface area contributed by atoms with Crippen molar-refractivity contribution in [3.05, 3.63) is 12.7 Å². The van der Waals surface area contributed by atoms with Gasteiger partial charge in [0.25, 0.3) is 0 Å². The van der Waals surface area contributed by atoms with Crippen LogP contribution in [0.1, 0.15) is 46.0 Å². The molecule has 1 heterocycles. The summed E-state index contributed by atoms with van der Waals surface area (Å²) in [5.41, 5.74) is 0. The van der Waals surface area contributed by atoms with Crippen molar-refractivity contribution in [2.45, 2.75) is 52.1 Å². The van der Waals surface area contributed by atoms with E-state index in [9.17, 15) is 0 Å². The molecule has 0 aromatic rings. The lowest BCUT2D eigenvalue weighted by molar-refractivity contribution is -0.0586. The molecule has 0 bridgehead atoms. The first kappa shape index (κ1) is 18.0. The van der Waals surface area contributed by atoms with E-state index in [2.05, 4.69) is 25.3 Å². The molecule has 0 aromatic heterocycles. The van der Waals surface area contributed by atoms with E-state index in [1.54, 1.807) is 0 Å². The standard InChI is InChI=1S/C19H35NO2/c1-4-12-21-15-18-14-17(16(2)3)7-8-19(18)22-13-11-20-9-5-6-10-20/h4,16-19H,1,5-15H2,2-3H3. The van der Waals surface area contributed by atoms with Gasteiger partial charge in [0.1, 0.15) is 0 Å². The van der Waals surface area contributed by atoms with Gasteiger partial charge in [-0.05, 0) is 57.0 Å². The van der Waals surface area contributed by atoms with E-state index in [1.165, 1.54) is 45.2 Å². The minimum absolute atomic E-state index is 0.391. The van der Waals surface area contributed by atoms with Crippen molar-refractivity contribution in [1.82, 2.24) is 4.90 Å². The van der Waals surface area contributed by atoms with E-state index < -0.39 is 0 Å². The topological polar surface area (TPSA) is 21.7 Å². The fraction of sp³-hybridized carbons (Fsp3) is 0.895. The Morgan fingerprint density at radius 3 is 2.68 bits per heavy atom. The molecule has 0 radical (unpaired) electrons. The second-order valence-electron chi connectivity index (χ2n) is 7.36. The zero-order valence-corrected chi connectivity index (χ0v) is 14.6. The third kappa shape index (κ3) is 5.68. The molecule has 128 valence electrons. The molecule has 1 aliphatic carbocycles. The van der Waals surface area contributed by atoms with Crippen LogP contribution < -0.4 is 0 Å². The summed E-state index contributed by atoms with van der Waals surface area (Å²) in [5.74, 6) is 2.16. The van der Waals surface area contributed by atoms with Crippen molar-refractivity contribution in [1.29, 1.82) is 0 Å². The zero-order valence-electron chi connectivity index (χ0n) is 14.6. The molecule has 2 aliphatic rings. The summed E-state index contributed by atoms with van der Waals surface area (Å²) in [6.45, 7) is 14.4. The minimum Gasteiger partial charge on any atom is -0.377 e. The van der Waals surface area contributed by atoms with Gasteiger partial charge in [-0.15, -0.1) is 6.58 Å². The lowest BCUT2D eigenvalue weighted by atomic mass is 9.75. The molecular formula is C19H35NO2. The Hall–Kier alpha value is -0.380. The highest BCUT2D eigenvalue weighted by molar-refractivity contribution is 4.83. The Balaban J connectivity index is 1.76. The largest absolute Gasteiger partial charge is 0.377 e. The van der Waals surface area contributed by atoms with Crippen LogP contribution in [0.5, 0.6) is 0 Å². The molecule has 3 unspecified atom stereocenters. The zero-order chi connectivity index (χ0) is 15.8. The lowest BCUT2D eigenvalue weighted by Gasteiger charge is -2.37. The first-order chi connectivity index (χ1) is 10.7. The quantitative estimate of drug-likeness (QED) is 0.478. The Morgan fingerprint density at radius 2 is 2.00 bits per heavy atom. The second kappa shape index (κ2) is 9.69. The van der Waals surface area contributed by atoms with Crippen LogP contribution >= 0.6 is 0 Å². The number of rotatable bonds is 9. The average Bonchev–Trinajstić information content (AvgIpc) is 3.02. The molecule has 1 aliphatic heterocycles. The van der Waals surface area contributed by atoms with Crippen molar-refractivity contribution < 1.29 is 9.47 Å². The van der Waals surface area contributed by atoms with Gasteiger partial charge in [0.15, 0.2) is 0 Å². The molecule has 2 fully saturated rings. The normalized spacial score (nSPS) is 30.0. The fourth-order valence-corrected chi connectivity index (χ4v) is 3.91. The maximum Gasteiger partial charge on any atom is 0.0644 e. The maximum absolute atomic E-state index is 6.27. The van der Waals surface area contributed by atoms with E-state index >= 15 is 0 Å². The van der Waals surface area contributed by atoms with Crippen LogP contribution in [0, 0.1) is 17.8 Å². The predicted octanol–water partition coefficient (Wildman–Crippen LogP) is 3.74. The first-order valence-electron chi connectivity index (χ1n) is 9.23. The number of hydrogen-bond donors (Lipinski definition) is 0. The highest BCUT2D eigenvalue weighted by Crippen LogP contribution is 2.35. The molecule has 3 atom stereocenters. The molecule has 22 heavy (non-hydrogen) atoms. The molecule has 2 rings (SSSR count). The van der Waals surface area contributed by atoms with Gasteiger partial charge >= 0.3 is 0 Å². The molecule has 0 amide bonds. The van der Waals surface area contributed by atoms with Crippen molar-refractivity contribution in [2.75, 3.05) is 39.5 Å². The summed E-state index contributed by atoms with van der Waals surface area (Å²) < 4.78 is 12.0. The number of ether oxygens (including phenoxy) is 2. The van der Waals surface area contributed by atoms with Crippen LogP contribution in [0.15, 0.2) is 12.7 Å². The first-order valence-corrected chi connectivity index (χ1v) is 9.23. The summed E-state index contributed by atoms with van der Waals surface area (Å²) in [6.07, 6.45) is 8.71. The maximum atomic E-state index is 6.27. The monoisotopic (exact) mass is 309 g/mol. The number of hydrogen-bond acceptors (Lipinski definition) is 3. The van der Waals surface area contributed by atoms with Crippen LogP contribution in [0.3, 0.4) is 0 Å². The summed E-state index contributed by atoms with van der Waals surface area (Å²) >= 11 is 0. The van der Waals surface area contributed by atoms with Gasteiger partial charge in [0.05, 0.1) is 25.9 Å². The van der Waals surface area contributed by atoms with Crippen molar-refractivity contribution in [3.8, 4) is 0 Å². The molecule has 0 N–H and O–H groups in total. The Kier molecular flexibility index (Phi) is 7.91. The lowest BCUT2D eigenvalue weighted by Crippen LogP contribution is -2.37. The Bertz CT molecular complexity index is 313. The van der Waals surface area contributed by atoms with Crippen LogP contribution in [0.2, 0.25) is 0 Å². The highest BCUT2D eigenvalue weighted by atomic mass is 16.5. The average molecular weight is 309 g/mol. The molecule has 3 nitrogen and oxygen atoms in total. The van der Waals surface area contributed by atoms with Crippen molar-refractivity contribution in [2.24, 2.45) is 17.8 Å². The van der Waals surface area contributed by atoms with Crippen LogP contribution in [-0.4, -0.2) is 50.5 Å². The summed E-state index contributed by atoms with van der Waals surface area (Å²) in [4.78, 5) is 2.53. The van der Waals surface area contributed by atoms with Crippen molar-refractivity contribution >= 4 is 0 Å². The minimum atomic E-state index is 0.391. The van der Waals surface area contributed by atoms with Gasteiger partial charge < -0.3 is 14.4 Å². The van der Waals surface area contributed by atoms with Gasteiger partial charge in [0, 0.05) is 12.5 Å².